The van der Waals surface area contributed by atoms with Gasteiger partial charge >= 0.3 is 6.18 Å². The van der Waals surface area contributed by atoms with Gasteiger partial charge in [0.1, 0.15) is 11.5 Å². The highest BCUT2D eigenvalue weighted by Crippen LogP contribution is 2.44. The Morgan fingerprint density at radius 1 is 0.592 bits per heavy atom. The van der Waals surface area contributed by atoms with Gasteiger partial charge in [0, 0.05) is 49.6 Å². The van der Waals surface area contributed by atoms with Crippen LogP contribution < -0.4 is 0 Å². The van der Waals surface area contributed by atoms with E-state index in [1.807, 2.05) is 42.0 Å². The number of imidazole rings is 1. The summed E-state index contributed by atoms with van der Waals surface area (Å²) in [5.41, 5.74) is 7.50. The lowest BCUT2D eigenvalue weighted by Gasteiger charge is -2.19. The van der Waals surface area contributed by atoms with Gasteiger partial charge in [0.25, 0.3) is 0 Å². The van der Waals surface area contributed by atoms with Crippen LogP contribution in [0.1, 0.15) is 153 Å². The normalized spacial score (nSPS) is 14.0. The molecule has 276 valence electrons. The van der Waals surface area contributed by atoms with E-state index >= 15 is 0 Å². The minimum atomic E-state index is -4.36. The molecule has 1 aliphatic rings. The fraction of sp³-hybridized carbons (Fsp3) is 0.684. The zero-order valence-electron chi connectivity index (χ0n) is 33.5. The highest BCUT2D eigenvalue weighted by Gasteiger charge is 2.39. The van der Waals surface area contributed by atoms with Gasteiger partial charge < -0.3 is 4.98 Å². The number of rotatable bonds is 1. The van der Waals surface area contributed by atoms with Crippen molar-refractivity contribution in [1.29, 1.82) is 0 Å². The van der Waals surface area contributed by atoms with Crippen LogP contribution in [0.15, 0.2) is 18.6 Å². The van der Waals surface area contributed by atoms with Gasteiger partial charge in [-0.25, -0.2) is 4.98 Å². The number of halogens is 3. The molecule has 4 aromatic rings. The lowest BCUT2D eigenvalue weighted by Crippen LogP contribution is -2.19. The molecule has 11 heteroatoms. The highest BCUT2D eigenvalue weighted by molar-refractivity contribution is 5.31. The van der Waals surface area contributed by atoms with Crippen LogP contribution in [0.4, 0.5) is 13.2 Å². The summed E-state index contributed by atoms with van der Waals surface area (Å²) < 4.78 is 43.5. The Morgan fingerprint density at radius 3 is 1.20 bits per heavy atom. The van der Waals surface area contributed by atoms with Crippen molar-refractivity contribution in [3.63, 3.8) is 0 Å². The molecule has 4 heterocycles. The van der Waals surface area contributed by atoms with E-state index in [1.54, 1.807) is 20.8 Å². The van der Waals surface area contributed by atoms with Gasteiger partial charge in [0.15, 0.2) is 0 Å². The molecule has 0 saturated heterocycles. The zero-order valence-corrected chi connectivity index (χ0v) is 33.5. The van der Waals surface area contributed by atoms with Crippen LogP contribution >= 0.6 is 0 Å². The van der Waals surface area contributed by atoms with Crippen molar-refractivity contribution < 1.29 is 13.2 Å². The third-order valence-electron chi connectivity index (χ3n) is 8.66. The minimum absolute atomic E-state index is 0.0718. The molecule has 4 aromatic heterocycles. The van der Waals surface area contributed by atoms with Gasteiger partial charge in [-0.05, 0) is 66.5 Å². The number of aromatic nitrogens is 8. The van der Waals surface area contributed by atoms with Crippen molar-refractivity contribution >= 4 is 0 Å². The van der Waals surface area contributed by atoms with Gasteiger partial charge in [-0.2, -0.15) is 28.5 Å². The summed E-state index contributed by atoms with van der Waals surface area (Å²) in [6, 6.07) is 0. The van der Waals surface area contributed by atoms with E-state index in [2.05, 4.69) is 113 Å². The summed E-state index contributed by atoms with van der Waals surface area (Å²) in [7, 11) is 6.01. The van der Waals surface area contributed by atoms with Gasteiger partial charge in [0.2, 0.25) is 0 Å². The molecule has 0 spiro atoms. The summed E-state index contributed by atoms with van der Waals surface area (Å²) in [6.45, 7) is 30.9. The van der Waals surface area contributed by atoms with Crippen molar-refractivity contribution in [1.82, 2.24) is 39.3 Å². The Balaban J connectivity index is 0.000000228. The third-order valence-corrected chi connectivity index (χ3v) is 8.66. The number of nitrogens with zero attached hydrogens (tertiary/aromatic N) is 7. The molecular weight excluding hydrogens is 625 g/mol. The monoisotopic (exact) mass is 689 g/mol. The molecule has 0 aromatic carbocycles. The Labute approximate surface area is 293 Å². The molecule has 49 heavy (non-hydrogen) atoms. The number of H-pyrrole nitrogens is 1. The van der Waals surface area contributed by atoms with Gasteiger partial charge in [0.05, 0.1) is 24.3 Å². The Bertz CT molecular complexity index is 1560. The van der Waals surface area contributed by atoms with E-state index in [9.17, 15) is 13.2 Å². The summed E-state index contributed by atoms with van der Waals surface area (Å²) >= 11 is 0. The van der Waals surface area contributed by atoms with Crippen LogP contribution in [0.2, 0.25) is 0 Å². The second-order valence-electron chi connectivity index (χ2n) is 17.4. The van der Waals surface area contributed by atoms with Crippen LogP contribution in [-0.4, -0.2) is 39.3 Å². The van der Waals surface area contributed by atoms with E-state index in [0.29, 0.717) is 5.82 Å². The van der Waals surface area contributed by atoms with E-state index in [-0.39, 0.29) is 21.9 Å². The van der Waals surface area contributed by atoms with Gasteiger partial charge in [-0.1, -0.05) is 83.1 Å². The highest BCUT2D eigenvalue weighted by atomic mass is 19.4. The zero-order chi connectivity index (χ0) is 38.1. The second kappa shape index (κ2) is 14.9. The number of hydrogen-bond donors (Lipinski definition) is 1. The lowest BCUT2D eigenvalue weighted by molar-refractivity contribution is -0.142. The van der Waals surface area contributed by atoms with Crippen LogP contribution in [0.5, 0.6) is 0 Å². The summed E-state index contributed by atoms with van der Waals surface area (Å²) in [5.74, 6) is 1.09. The van der Waals surface area contributed by atoms with Crippen LogP contribution in [-0.2, 0) is 49.0 Å². The van der Waals surface area contributed by atoms with Gasteiger partial charge in [-0.3, -0.25) is 14.0 Å². The largest absolute Gasteiger partial charge is 0.433 e. The van der Waals surface area contributed by atoms with Crippen LogP contribution in [0, 0.1) is 20.8 Å². The van der Waals surface area contributed by atoms with Gasteiger partial charge in [-0.15, -0.1) is 0 Å². The predicted molar refractivity (Wildman–Crippen MR) is 194 cm³/mol. The fourth-order valence-electron chi connectivity index (χ4n) is 5.58. The van der Waals surface area contributed by atoms with E-state index in [1.165, 1.54) is 53.5 Å². The number of hydrogen-bond acceptors (Lipinski definition) is 4. The first-order valence-corrected chi connectivity index (χ1v) is 17.1. The first-order chi connectivity index (χ1) is 22.0. The summed E-state index contributed by atoms with van der Waals surface area (Å²) in [5, 5.41) is 12.8. The first-order valence-electron chi connectivity index (χ1n) is 17.1. The molecule has 1 fully saturated rings. The first kappa shape index (κ1) is 41.8. The third kappa shape index (κ3) is 11.3. The topological polar surface area (TPSA) is 82.1 Å². The maximum atomic E-state index is 12.5. The molecule has 8 nitrogen and oxygen atoms in total. The minimum Gasteiger partial charge on any atom is -0.338 e. The molecule has 0 unspecified atom stereocenters. The summed E-state index contributed by atoms with van der Waals surface area (Å²) in [4.78, 5) is 6.13. The SMILES string of the molecule is Cc1c(C(C)(C)C)cnn1C.Cc1c(C(C)(C)C)cnn1C.Cc1nc(C(C)(C)C)c(C(F)(F)F)[nH]1.Cn1ncc(C(C)(C)C)c1C1CC1. The molecule has 0 bridgehead atoms. The van der Waals surface area contributed by atoms with Crippen molar-refractivity contribution in [2.24, 2.45) is 21.1 Å². The maximum absolute atomic E-state index is 12.5. The fourth-order valence-corrected chi connectivity index (χ4v) is 5.58. The lowest BCUT2D eigenvalue weighted by atomic mass is 9.86. The molecule has 0 radical (unpaired) electrons. The van der Waals surface area contributed by atoms with E-state index in [0.717, 1.165) is 5.92 Å². The number of aryl methyl sites for hydroxylation is 4. The number of nitrogens with one attached hydrogen (secondary N) is 1. The van der Waals surface area contributed by atoms with Crippen LogP contribution in [0.3, 0.4) is 0 Å². The number of aromatic amines is 1. The smallest absolute Gasteiger partial charge is 0.338 e. The molecule has 1 N–H and O–H groups in total. The summed E-state index contributed by atoms with van der Waals surface area (Å²) in [6.07, 6.45) is 4.29. The predicted octanol–water partition coefficient (Wildman–Crippen LogP) is 9.68. The Kier molecular flexibility index (Phi) is 12.7. The standard InChI is InChI=1S/C11H18N2.C9H13F3N2.2C9H16N2/c1-11(2,3)9-7-12-13(4)10(9)8-5-6-8;1-5-13-6(8(2,3)4)7(14-5)9(10,11)12;2*1-7-8(9(2,3)4)6-10-11(7)5/h7-8H,5-6H2,1-4H3;1-4H3,(H,13,14);2*6H,1-5H3. The average molecular weight is 689 g/mol. The second-order valence-corrected chi connectivity index (χ2v) is 17.4. The Morgan fingerprint density at radius 2 is 0.959 bits per heavy atom. The average Bonchev–Trinajstić information content (AvgIpc) is 3.17. The van der Waals surface area contributed by atoms with Crippen molar-refractivity contribution in [2.45, 2.75) is 150 Å². The molecule has 0 amide bonds. The van der Waals surface area contributed by atoms with Crippen molar-refractivity contribution in [2.75, 3.05) is 0 Å². The van der Waals surface area contributed by atoms with E-state index in [4.69, 9.17) is 0 Å². The molecule has 1 aliphatic carbocycles. The van der Waals surface area contributed by atoms with Crippen molar-refractivity contribution in [3.05, 3.63) is 69.6 Å². The molecule has 0 atom stereocenters. The van der Waals surface area contributed by atoms with Crippen molar-refractivity contribution in [3.8, 4) is 0 Å². The quantitative estimate of drug-likeness (QED) is 0.216. The Hall–Kier alpha value is -3.37. The number of alkyl halides is 3. The maximum Gasteiger partial charge on any atom is 0.433 e. The van der Waals surface area contributed by atoms with E-state index < -0.39 is 17.3 Å². The molecular formula is C38H63F3N8. The molecule has 1 saturated carbocycles. The molecule has 0 aliphatic heterocycles. The molecule has 5 rings (SSSR count). The van der Waals surface area contributed by atoms with Crippen LogP contribution in [0.25, 0.3) is 0 Å².